The zero-order chi connectivity index (χ0) is 9.35. The molecule has 0 unspecified atom stereocenters. The van der Waals surface area contributed by atoms with Crippen LogP contribution in [0.4, 0.5) is 10.1 Å². The second-order valence-corrected chi connectivity index (χ2v) is 4.00. The van der Waals surface area contributed by atoms with Gasteiger partial charge in [0.05, 0.1) is 21.1 Å². The average molecular weight is 168 g/mol. The molecule has 12 heavy (non-hydrogen) atoms. The summed E-state index contributed by atoms with van der Waals surface area (Å²) in [5.41, 5.74) is 1.96. The Kier molecular flexibility index (Phi) is 2.20. The van der Waals surface area contributed by atoms with Gasteiger partial charge in [-0.2, -0.15) is 0 Å². The van der Waals surface area contributed by atoms with Crippen molar-refractivity contribution in [2.24, 2.45) is 0 Å². The number of benzene rings is 1. The summed E-state index contributed by atoms with van der Waals surface area (Å²) < 4.78 is 13.6. The lowest BCUT2D eigenvalue weighted by Crippen LogP contribution is -2.34. The van der Waals surface area contributed by atoms with Crippen LogP contribution in [0.25, 0.3) is 0 Å². The number of halogens is 1. The Labute approximate surface area is 73.0 Å². The summed E-state index contributed by atoms with van der Waals surface area (Å²) in [4.78, 5) is 0. The van der Waals surface area contributed by atoms with Gasteiger partial charge in [0.15, 0.2) is 0 Å². The molecule has 0 fully saturated rings. The molecule has 0 spiro atoms. The van der Waals surface area contributed by atoms with Gasteiger partial charge in [0.2, 0.25) is 0 Å². The molecule has 0 aliphatic heterocycles. The molecule has 1 aromatic rings. The van der Waals surface area contributed by atoms with Gasteiger partial charge in [-0.25, -0.2) is 4.39 Å². The molecular weight excluding hydrogens is 153 g/mol. The Bertz CT molecular complexity index is 266. The third-order valence-corrected chi connectivity index (χ3v) is 1.80. The molecule has 0 amide bonds. The maximum Gasteiger partial charge on any atom is 0.135 e. The van der Waals surface area contributed by atoms with Crippen LogP contribution in [0.2, 0.25) is 0 Å². The van der Waals surface area contributed by atoms with Crippen molar-refractivity contribution >= 4 is 5.69 Å². The number of quaternary nitrogens is 1. The summed E-state index contributed by atoms with van der Waals surface area (Å²) in [5, 5.41) is 0. The lowest BCUT2D eigenvalue weighted by Gasteiger charge is -2.23. The van der Waals surface area contributed by atoms with E-state index in [2.05, 4.69) is 0 Å². The van der Waals surface area contributed by atoms with Gasteiger partial charge in [-0.05, 0) is 18.6 Å². The van der Waals surface area contributed by atoms with Crippen molar-refractivity contribution in [3.63, 3.8) is 0 Å². The molecule has 0 aromatic heterocycles. The van der Waals surface area contributed by atoms with E-state index in [9.17, 15) is 4.39 Å². The van der Waals surface area contributed by atoms with E-state index >= 15 is 0 Å². The van der Waals surface area contributed by atoms with E-state index in [-0.39, 0.29) is 5.82 Å². The SMILES string of the molecule is Cc1cc(F)cc([N+](C)(C)C)c1. The Morgan fingerprint density at radius 1 is 1.08 bits per heavy atom. The zero-order valence-corrected chi connectivity index (χ0v) is 8.06. The minimum absolute atomic E-state index is 0.155. The fourth-order valence-corrected chi connectivity index (χ4v) is 1.10. The van der Waals surface area contributed by atoms with Crippen molar-refractivity contribution in [1.82, 2.24) is 4.48 Å². The van der Waals surface area contributed by atoms with Crippen molar-refractivity contribution in [1.29, 1.82) is 0 Å². The second kappa shape index (κ2) is 2.87. The number of aryl methyl sites for hydroxylation is 1. The summed E-state index contributed by atoms with van der Waals surface area (Å²) in [6, 6.07) is 5.12. The summed E-state index contributed by atoms with van der Waals surface area (Å²) >= 11 is 0. The molecule has 2 heteroatoms. The van der Waals surface area contributed by atoms with Gasteiger partial charge in [-0.15, -0.1) is 0 Å². The van der Waals surface area contributed by atoms with E-state index in [0.717, 1.165) is 11.3 Å². The van der Waals surface area contributed by atoms with Gasteiger partial charge in [-0.1, -0.05) is 0 Å². The smallest absolute Gasteiger partial charge is 0.135 e. The monoisotopic (exact) mass is 168 g/mol. The number of hydrogen-bond acceptors (Lipinski definition) is 0. The predicted molar refractivity (Wildman–Crippen MR) is 50.7 cm³/mol. The Morgan fingerprint density at radius 3 is 2.08 bits per heavy atom. The molecule has 0 aliphatic carbocycles. The standard InChI is InChI=1S/C10H15FN/c1-8-5-9(11)7-10(6-8)12(2,3)4/h5-7H,1-4H3/q+1. The molecule has 0 heterocycles. The molecule has 1 rings (SSSR count). The first-order chi connectivity index (χ1) is 5.39. The molecule has 0 saturated heterocycles. The van der Waals surface area contributed by atoms with Gasteiger partial charge in [-0.3, -0.25) is 4.48 Å². The highest BCUT2D eigenvalue weighted by Gasteiger charge is 2.12. The van der Waals surface area contributed by atoms with E-state index in [4.69, 9.17) is 0 Å². The quantitative estimate of drug-likeness (QED) is 0.564. The number of nitrogens with zero attached hydrogens (tertiary/aromatic N) is 1. The van der Waals surface area contributed by atoms with Crippen LogP contribution in [0.15, 0.2) is 18.2 Å². The Morgan fingerprint density at radius 2 is 1.67 bits per heavy atom. The van der Waals surface area contributed by atoms with Crippen molar-refractivity contribution in [3.05, 3.63) is 29.6 Å². The molecule has 0 N–H and O–H groups in total. The van der Waals surface area contributed by atoms with Crippen LogP contribution in [0.5, 0.6) is 0 Å². The molecule has 1 aromatic carbocycles. The van der Waals surface area contributed by atoms with Crippen molar-refractivity contribution in [3.8, 4) is 0 Å². The molecule has 1 nitrogen and oxygen atoms in total. The van der Waals surface area contributed by atoms with E-state index in [1.807, 2.05) is 34.1 Å². The molecule has 0 atom stereocenters. The summed E-state index contributed by atoms with van der Waals surface area (Å²) in [6.45, 7) is 1.90. The predicted octanol–water partition coefficient (Wildman–Crippen LogP) is 2.33. The first-order valence-corrected chi connectivity index (χ1v) is 3.99. The normalized spacial score (nSPS) is 11.8. The fraction of sp³-hybridized carbons (Fsp3) is 0.400. The fourth-order valence-electron chi connectivity index (χ4n) is 1.10. The largest absolute Gasteiger partial charge is 0.298 e. The van der Waals surface area contributed by atoms with E-state index in [1.165, 1.54) is 0 Å². The maximum atomic E-state index is 12.9. The first-order valence-electron chi connectivity index (χ1n) is 3.99. The van der Waals surface area contributed by atoms with Gasteiger partial charge in [0.1, 0.15) is 11.5 Å². The lowest BCUT2D eigenvalue weighted by atomic mass is 10.2. The van der Waals surface area contributed by atoms with Gasteiger partial charge >= 0.3 is 0 Å². The topological polar surface area (TPSA) is 0 Å². The van der Waals surface area contributed by atoms with E-state index < -0.39 is 0 Å². The summed E-state index contributed by atoms with van der Waals surface area (Å²) in [6.07, 6.45) is 0. The lowest BCUT2D eigenvalue weighted by molar-refractivity contribution is 0.482. The zero-order valence-electron chi connectivity index (χ0n) is 8.06. The first kappa shape index (κ1) is 9.20. The highest BCUT2D eigenvalue weighted by atomic mass is 19.1. The second-order valence-electron chi connectivity index (χ2n) is 4.00. The number of hydrogen-bond donors (Lipinski definition) is 0. The maximum absolute atomic E-state index is 12.9. The Hall–Kier alpha value is -0.890. The molecule has 0 bridgehead atoms. The highest BCUT2D eigenvalue weighted by molar-refractivity contribution is 5.44. The Balaban J connectivity index is 3.18. The van der Waals surface area contributed by atoms with Crippen LogP contribution in [0.1, 0.15) is 5.56 Å². The molecular formula is C10H15FN+. The van der Waals surface area contributed by atoms with Crippen molar-refractivity contribution < 1.29 is 4.39 Å². The molecule has 66 valence electrons. The van der Waals surface area contributed by atoms with Crippen LogP contribution in [0, 0.1) is 12.7 Å². The number of rotatable bonds is 1. The van der Waals surface area contributed by atoms with Crippen LogP contribution in [-0.4, -0.2) is 21.1 Å². The molecule has 0 radical (unpaired) electrons. The summed E-state index contributed by atoms with van der Waals surface area (Å²) in [7, 11) is 6.07. The van der Waals surface area contributed by atoms with Gasteiger partial charge < -0.3 is 0 Å². The highest BCUT2D eigenvalue weighted by Crippen LogP contribution is 2.19. The van der Waals surface area contributed by atoms with Crippen LogP contribution < -0.4 is 4.48 Å². The average Bonchev–Trinajstić information content (AvgIpc) is 1.82. The van der Waals surface area contributed by atoms with Crippen molar-refractivity contribution in [2.75, 3.05) is 21.1 Å². The third-order valence-electron chi connectivity index (χ3n) is 1.80. The van der Waals surface area contributed by atoms with Crippen LogP contribution in [-0.2, 0) is 0 Å². The minimum atomic E-state index is -0.155. The van der Waals surface area contributed by atoms with Gasteiger partial charge in [0, 0.05) is 12.1 Å². The molecule has 0 saturated carbocycles. The minimum Gasteiger partial charge on any atom is -0.298 e. The van der Waals surface area contributed by atoms with Crippen molar-refractivity contribution in [2.45, 2.75) is 6.92 Å². The van der Waals surface area contributed by atoms with E-state index in [1.54, 1.807) is 12.1 Å². The van der Waals surface area contributed by atoms with E-state index in [0.29, 0.717) is 4.48 Å². The van der Waals surface area contributed by atoms with Crippen LogP contribution in [0.3, 0.4) is 0 Å². The third kappa shape index (κ3) is 2.05. The van der Waals surface area contributed by atoms with Crippen LogP contribution >= 0.6 is 0 Å². The van der Waals surface area contributed by atoms with Gasteiger partial charge in [0.25, 0.3) is 0 Å². The molecule has 0 aliphatic rings. The summed E-state index contributed by atoms with van der Waals surface area (Å²) in [5.74, 6) is -0.155.